The molecule has 0 radical (unpaired) electrons. The molecule has 0 saturated heterocycles. The van der Waals surface area contributed by atoms with Crippen molar-refractivity contribution in [3.8, 4) is 0 Å². The molecule has 0 spiro atoms. The number of nitrogens with one attached hydrogen (secondary N) is 1. The molecule has 2 nitrogen and oxygen atoms in total. The standard InChI is InChI=1S/C11H23NOS/c1-8(14-7)9(13)11(5,6)12-10(2,3)4/h8,12H,1-7H3. The Hall–Kier alpha value is -0.0200. The van der Waals surface area contributed by atoms with E-state index in [9.17, 15) is 4.79 Å². The van der Waals surface area contributed by atoms with Gasteiger partial charge < -0.3 is 5.32 Å². The highest BCUT2D eigenvalue weighted by molar-refractivity contribution is 7.99. The Bertz CT molecular complexity index is 206. The predicted octanol–water partition coefficient (Wildman–Crippen LogP) is 2.47. The molecule has 0 aliphatic heterocycles. The van der Waals surface area contributed by atoms with Gasteiger partial charge in [0.2, 0.25) is 0 Å². The molecule has 3 heteroatoms. The number of thioether (sulfide) groups is 1. The van der Waals surface area contributed by atoms with Gasteiger partial charge in [-0.15, -0.1) is 0 Å². The Kier molecular flexibility index (Phi) is 4.66. The number of hydrogen-bond acceptors (Lipinski definition) is 3. The summed E-state index contributed by atoms with van der Waals surface area (Å²) >= 11 is 1.60. The van der Waals surface area contributed by atoms with Gasteiger partial charge in [-0.2, -0.15) is 11.8 Å². The third-order valence-electron chi connectivity index (χ3n) is 2.03. The fourth-order valence-corrected chi connectivity index (χ4v) is 2.12. The van der Waals surface area contributed by atoms with E-state index >= 15 is 0 Å². The van der Waals surface area contributed by atoms with E-state index in [0.29, 0.717) is 0 Å². The normalized spacial score (nSPS) is 15.4. The summed E-state index contributed by atoms with van der Waals surface area (Å²) in [7, 11) is 0. The van der Waals surface area contributed by atoms with Crippen molar-refractivity contribution in [3.63, 3.8) is 0 Å². The maximum Gasteiger partial charge on any atom is 0.164 e. The minimum Gasteiger partial charge on any atom is -0.301 e. The van der Waals surface area contributed by atoms with Crippen LogP contribution in [0, 0.1) is 0 Å². The lowest BCUT2D eigenvalue weighted by molar-refractivity contribution is -0.124. The molecule has 0 aromatic carbocycles. The van der Waals surface area contributed by atoms with E-state index < -0.39 is 5.54 Å². The number of hydrogen-bond donors (Lipinski definition) is 1. The Labute approximate surface area is 92.2 Å². The second-order valence-corrected chi connectivity index (χ2v) is 6.42. The van der Waals surface area contributed by atoms with Crippen LogP contribution < -0.4 is 5.32 Å². The molecular weight excluding hydrogens is 194 g/mol. The van der Waals surface area contributed by atoms with Gasteiger partial charge in [0, 0.05) is 5.54 Å². The summed E-state index contributed by atoms with van der Waals surface area (Å²) < 4.78 is 0. The summed E-state index contributed by atoms with van der Waals surface area (Å²) in [6, 6.07) is 0. The lowest BCUT2D eigenvalue weighted by Crippen LogP contribution is -2.57. The minimum atomic E-state index is -0.444. The van der Waals surface area contributed by atoms with Crippen LogP contribution >= 0.6 is 11.8 Å². The van der Waals surface area contributed by atoms with E-state index in [4.69, 9.17) is 0 Å². The average molecular weight is 217 g/mol. The van der Waals surface area contributed by atoms with E-state index in [0.717, 1.165) is 0 Å². The number of Topliss-reactive ketones (excluding diaryl/α,β-unsaturated/α-hetero) is 1. The zero-order chi connectivity index (χ0) is 11.6. The summed E-state index contributed by atoms with van der Waals surface area (Å²) in [5, 5.41) is 3.40. The van der Waals surface area contributed by atoms with Crippen LogP contribution in [0.5, 0.6) is 0 Å². The van der Waals surface area contributed by atoms with E-state index in [1.54, 1.807) is 11.8 Å². The molecule has 0 aromatic heterocycles. The van der Waals surface area contributed by atoms with Crippen molar-refractivity contribution < 1.29 is 4.79 Å². The fraction of sp³-hybridized carbons (Fsp3) is 0.909. The molecule has 14 heavy (non-hydrogen) atoms. The van der Waals surface area contributed by atoms with Crippen molar-refractivity contribution in [2.45, 2.75) is 57.9 Å². The van der Waals surface area contributed by atoms with Crippen molar-refractivity contribution in [1.29, 1.82) is 0 Å². The van der Waals surface area contributed by atoms with Crippen LogP contribution in [0.4, 0.5) is 0 Å². The molecular formula is C11H23NOS. The van der Waals surface area contributed by atoms with Crippen molar-refractivity contribution >= 4 is 17.5 Å². The summed E-state index contributed by atoms with van der Waals surface area (Å²) in [5.74, 6) is 0.264. The highest BCUT2D eigenvalue weighted by Crippen LogP contribution is 2.18. The third kappa shape index (κ3) is 4.47. The van der Waals surface area contributed by atoms with E-state index in [1.807, 2.05) is 27.0 Å². The second-order valence-electron chi connectivity index (χ2n) is 5.24. The first-order chi connectivity index (χ1) is 6.10. The minimum absolute atomic E-state index is 0.0305. The van der Waals surface area contributed by atoms with Gasteiger partial charge in [-0.05, 0) is 47.8 Å². The van der Waals surface area contributed by atoms with Crippen LogP contribution in [-0.4, -0.2) is 28.4 Å². The van der Waals surface area contributed by atoms with Gasteiger partial charge in [-0.25, -0.2) is 0 Å². The second kappa shape index (κ2) is 4.67. The Morgan fingerprint density at radius 3 is 1.93 bits per heavy atom. The van der Waals surface area contributed by atoms with Gasteiger partial charge >= 0.3 is 0 Å². The Morgan fingerprint density at radius 1 is 1.21 bits per heavy atom. The molecule has 84 valence electrons. The first-order valence-corrected chi connectivity index (χ1v) is 6.25. The first-order valence-electron chi connectivity index (χ1n) is 4.96. The van der Waals surface area contributed by atoms with Gasteiger partial charge in [0.25, 0.3) is 0 Å². The molecule has 0 aliphatic carbocycles. The molecule has 0 amide bonds. The van der Waals surface area contributed by atoms with E-state index in [-0.39, 0.29) is 16.6 Å². The third-order valence-corrected chi connectivity index (χ3v) is 2.95. The van der Waals surface area contributed by atoms with Crippen LogP contribution in [0.25, 0.3) is 0 Å². The Balaban J connectivity index is 4.54. The van der Waals surface area contributed by atoms with Gasteiger partial charge in [0.1, 0.15) is 0 Å². The van der Waals surface area contributed by atoms with Crippen LogP contribution in [-0.2, 0) is 4.79 Å². The lowest BCUT2D eigenvalue weighted by atomic mass is 9.93. The Morgan fingerprint density at radius 2 is 1.64 bits per heavy atom. The monoisotopic (exact) mass is 217 g/mol. The van der Waals surface area contributed by atoms with Crippen molar-refractivity contribution in [2.75, 3.05) is 6.26 Å². The van der Waals surface area contributed by atoms with Crippen LogP contribution in [0.15, 0.2) is 0 Å². The summed E-state index contributed by atoms with van der Waals surface area (Å²) in [6.45, 7) is 12.1. The SMILES string of the molecule is CSC(C)C(=O)C(C)(C)NC(C)(C)C. The summed E-state index contributed by atoms with van der Waals surface area (Å²) in [4.78, 5) is 12.0. The number of carbonyl (C=O) groups excluding carboxylic acids is 1. The van der Waals surface area contributed by atoms with E-state index in [1.165, 1.54) is 0 Å². The zero-order valence-electron chi connectivity index (χ0n) is 10.4. The molecule has 0 aliphatic rings. The van der Waals surface area contributed by atoms with Gasteiger partial charge in [-0.3, -0.25) is 4.79 Å². The highest BCUT2D eigenvalue weighted by Gasteiger charge is 2.33. The van der Waals surface area contributed by atoms with Crippen LogP contribution in [0.2, 0.25) is 0 Å². The van der Waals surface area contributed by atoms with E-state index in [2.05, 4.69) is 26.1 Å². The topological polar surface area (TPSA) is 29.1 Å². The lowest BCUT2D eigenvalue weighted by Gasteiger charge is -2.35. The molecule has 0 aromatic rings. The molecule has 1 N–H and O–H groups in total. The predicted molar refractivity (Wildman–Crippen MR) is 65.0 cm³/mol. The highest BCUT2D eigenvalue weighted by atomic mass is 32.2. The molecule has 0 heterocycles. The molecule has 1 atom stereocenters. The maximum absolute atomic E-state index is 12.0. The zero-order valence-corrected chi connectivity index (χ0v) is 11.2. The summed E-state index contributed by atoms with van der Waals surface area (Å²) in [6.07, 6.45) is 1.97. The van der Waals surface area contributed by atoms with Gasteiger partial charge in [0.05, 0.1) is 10.8 Å². The van der Waals surface area contributed by atoms with Crippen molar-refractivity contribution in [1.82, 2.24) is 5.32 Å². The van der Waals surface area contributed by atoms with Crippen molar-refractivity contribution in [3.05, 3.63) is 0 Å². The molecule has 0 bridgehead atoms. The number of carbonyl (C=O) groups is 1. The van der Waals surface area contributed by atoms with Crippen LogP contribution in [0.1, 0.15) is 41.5 Å². The average Bonchev–Trinajstić information content (AvgIpc) is 1.97. The summed E-state index contributed by atoms with van der Waals surface area (Å²) in [5.41, 5.74) is -0.474. The number of ketones is 1. The maximum atomic E-state index is 12.0. The van der Waals surface area contributed by atoms with Crippen molar-refractivity contribution in [2.24, 2.45) is 0 Å². The molecule has 1 unspecified atom stereocenters. The van der Waals surface area contributed by atoms with Crippen LogP contribution in [0.3, 0.4) is 0 Å². The largest absolute Gasteiger partial charge is 0.301 e. The van der Waals surface area contributed by atoms with Gasteiger partial charge in [-0.1, -0.05) is 0 Å². The molecule has 0 fully saturated rings. The van der Waals surface area contributed by atoms with Gasteiger partial charge in [0.15, 0.2) is 5.78 Å². The molecule has 0 saturated carbocycles. The first kappa shape index (κ1) is 14.0. The smallest absolute Gasteiger partial charge is 0.164 e. The molecule has 0 rings (SSSR count). The fourth-order valence-electron chi connectivity index (χ4n) is 1.61. The quantitative estimate of drug-likeness (QED) is 0.784. The number of rotatable bonds is 4.